The summed E-state index contributed by atoms with van der Waals surface area (Å²) < 4.78 is 104. The van der Waals surface area contributed by atoms with Gasteiger partial charge in [-0.15, -0.1) is 0 Å². The van der Waals surface area contributed by atoms with Crippen LogP contribution in [0.4, 0.5) is 26.3 Å². The lowest BCUT2D eigenvalue weighted by Gasteiger charge is -2.18. The number of hydrogen-bond donors (Lipinski definition) is 1. The normalized spacial score (nSPS) is 14.5. The van der Waals surface area contributed by atoms with Gasteiger partial charge in [0.05, 0.1) is 10.5 Å². The van der Waals surface area contributed by atoms with E-state index in [2.05, 4.69) is 0 Å². The van der Waals surface area contributed by atoms with Gasteiger partial charge >= 0.3 is 0 Å². The number of sulfone groups is 1. The Kier molecular flexibility index (Phi) is 4.90. The second-order valence-corrected chi connectivity index (χ2v) is 6.65. The summed E-state index contributed by atoms with van der Waals surface area (Å²) in [5.41, 5.74) is -5.31. The van der Waals surface area contributed by atoms with Crippen molar-refractivity contribution in [1.29, 1.82) is 0 Å². The van der Waals surface area contributed by atoms with Gasteiger partial charge in [-0.25, -0.2) is 34.8 Å². The predicted molar refractivity (Wildman–Crippen MR) is 69.7 cm³/mol. The van der Waals surface area contributed by atoms with Crippen molar-refractivity contribution in [3.8, 4) is 0 Å². The summed E-state index contributed by atoms with van der Waals surface area (Å²) in [7, 11) is -4.94. The van der Waals surface area contributed by atoms with Gasteiger partial charge in [-0.3, -0.25) is 0 Å². The third kappa shape index (κ3) is 2.86. The zero-order valence-electron chi connectivity index (χ0n) is 11.5. The Bertz CT molecular complexity index is 841. The van der Waals surface area contributed by atoms with Crippen LogP contribution in [0.1, 0.15) is 11.7 Å². The number of aliphatic hydroxyl groups excluding tert-OH is 1. The van der Waals surface area contributed by atoms with Gasteiger partial charge in [0, 0.05) is 0 Å². The minimum atomic E-state index is -4.94. The molecule has 0 radical (unpaired) electrons. The summed E-state index contributed by atoms with van der Waals surface area (Å²) in [4.78, 5) is -0.638. The van der Waals surface area contributed by atoms with Crippen LogP contribution in [0.2, 0.25) is 0 Å². The van der Waals surface area contributed by atoms with Crippen LogP contribution in [0.25, 0.3) is 0 Å². The lowest BCUT2D eigenvalue weighted by molar-refractivity contribution is 0.108. The lowest BCUT2D eigenvalue weighted by Crippen LogP contribution is -2.27. The van der Waals surface area contributed by atoms with E-state index < -0.39 is 61.0 Å². The Morgan fingerprint density at radius 3 is 1.67 bits per heavy atom. The summed E-state index contributed by atoms with van der Waals surface area (Å²) >= 11 is 0. The van der Waals surface area contributed by atoms with E-state index in [1.807, 2.05) is 0 Å². The Morgan fingerprint density at radius 2 is 1.21 bits per heavy atom. The first-order valence-corrected chi connectivity index (χ1v) is 7.77. The first kappa shape index (κ1) is 18.3. The van der Waals surface area contributed by atoms with E-state index in [0.717, 1.165) is 12.1 Å². The summed E-state index contributed by atoms with van der Waals surface area (Å²) in [5, 5.41) is 9.60. The molecule has 2 rings (SSSR count). The van der Waals surface area contributed by atoms with E-state index in [9.17, 15) is 39.9 Å². The average molecular weight is 370 g/mol. The SMILES string of the molecule is O=S(=O)(c1ccccc1)C(F)C(O)c1c(F)c(F)c(F)c(F)c1F. The fourth-order valence-electron chi connectivity index (χ4n) is 1.92. The molecule has 0 bridgehead atoms. The number of aliphatic hydroxyl groups is 1. The maximum absolute atomic E-state index is 14.2. The van der Waals surface area contributed by atoms with Crippen molar-refractivity contribution in [2.45, 2.75) is 16.5 Å². The van der Waals surface area contributed by atoms with Crippen molar-refractivity contribution in [2.24, 2.45) is 0 Å². The average Bonchev–Trinajstić information content (AvgIpc) is 2.58. The molecule has 0 fully saturated rings. The maximum atomic E-state index is 14.2. The predicted octanol–water partition coefficient (Wildman–Crippen LogP) is 3.19. The quantitative estimate of drug-likeness (QED) is 0.511. The molecule has 3 nitrogen and oxygen atoms in total. The maximum Gasteiger partial charge on any atom is 0.235 e. The Morgan fingerprint density at radius 1 is 0.792 bits per heavy atom. The lowest BCUT2D eigenvalue weighted by atomic mass is 10.1. The summed E-state index contributed by atoms with van der Waals surface area (Å²) in [6.45, 7) is 0. The van der Waals surface area contributed by atoms with Crippen LogP contribution in [0.15, 0.2) is 35.2 Å². The third-order valence-electron chi connectivity index (χ3n) is 3.16. The van der Waals surface area contributed by atoms with Crippen molar-refractivity contribution < 1.29 is 39.9 Å². The highest BCUT2D eigenvalue weighted by Gasteiger charge is 2.40. The summed E-state index contributed by atoms with van der Waals surface area (Å²) in [6, 6.07) is 5.70. The topological polar surface area (TPSA) is 54.4 Å². The molecule has 0 amide bonds. The number of alkyl halides is 1. The number of benzene rings is 2. The zero-order valence-corrected chi connectivity index (χ0v) is 12.3. The number of halogens is 6. The molecule has 0 aliphatic rings. The molecule has 2 aromatic carbocycles. The van der Waals surface area contributed by atoms with E-state index in [-0.39, 0.29) is 0 Å². The van der Waals surface area contributed by atoms with E-state index in [1.165, 1.54) is 18.2 Å². The van der Waals surface area contributed by atoms with Gasteiger partial charge in [0.2, 0.25) is 21.2 Å². The molecule has 130 valence electrons. The highest BCUT2D eigenvalue weighted by atomic mass is 32.2. The largest absolute Gasteiger partial charge is 0.384 e. The molecule has 0 aliphatic carbocycles. The van der Waals surface area contributed by atoms with Gasteiger partial charge in [0.15, 0.2) is 23.3 Å². The van der Waals surface area contributed by atoms with Crippen molar-refractivity contribution in [3.05, 3.63) is 65.0 Å². The minimum Gasteiger partial charge on any atom is -0.384 e. The van der Waals surface area contributed by atoms with Gasteiger partial charge in [-0.05, 0) is 12.1 Å². The molecule has 0 aromatic heterocycles. The Balaban J connectivity index is 2.56. The zero-order chi connectivity index (χ0) is 18.2. The van der Waals surface area contributed by atoms with Crippen LogP contribution in [0.3, 0.4) is 0 Å². The van der Waals surface area contributed by atoms with Crippen LogP contribution < -0.4 is 0 Å². The standard InChI is InChI=1S/C14H8F6O3S/c15-8-7(9(16)11(18)12(19)10(8)17)13(21)14(20)24(22,23)6-4-2-1-3-5-6/h1-5,13-14,21H. The Hall–Kier alpha value is -2.07. The van der Waals surface area contributed by atoms with Crippen LogP contribution in [0.5, 0.6) is 0 Å². The summed E-state index contributed by atoms with van der Waals surface area (Å²) in [6.07, 6.45) is -3.13. The number of rotatable bonds is 4. The van der Waals surface area contributed by atoms with E-state index >= 15 is 0 Å². The Labute approximate surface area is 132 Å². The highest BCUT2D eigenvalue weighted by molar-refractivity contribution is 7.92. The molecule has 0 spiro atoms. The molecule has 2 unspecified atom stereocenters. The van der Waals surface area contributed by atoms with Crippen LogP contribution >= 0.6 is 0 Å². The molecule has 0 heterocycles. The van der Waals surface area contributed by atoms with E-state index in [4.69, 9.17) is 0 Å². The molecule has 0 saturated carbocycles. The molecule has 2 aromatic rings. The number of hydrogen-bond acceptors (Lipinski definition) is 3. The minimum absolute atomic E-state index is 0.638. The molecule has 0 aliphatic heterocycles. The van der Waals surface area contributed by atoms with Crippen LogP contribution in [0, 0.1) is 29.1 Å². The third-order valence-corrected chi connectivity index (χ3v) is 4.94. The van der Waals surface area contributed by atoms with Crippen molar-refractivity contribution in [2.75, 3.05) is 0 Å². The van der Waals surface area contributed by atoms with Crippen LogP contribution in [-0.4, -0.2) is 19.0 Å². The molecule has 0 saturated heterocycles. The van der Waals surface area contributed by atoms with Gasteiger partial charge in [0.1, 0.15) is 6.10 Å². The van der Waals surface area contributed by atoms with Gasteiger partial charge in [0.25, 0.3) is 0 Å². The summed E-state index contributed by atoms with van der Waals surface area (Å²) in [5.74, 6) is -12.4. The first-order valence-electron chi connectivity index (χ1n) is 6.23. The smallest absolute Gasteiger partial charge is 0.235 e. The van der Waals surface area contributed by atoms with Crippen molar-refractivity contribution >= 4 is 9.84 Å². The van der Waals surface area contributed by atoms with E-state index in [1.54, 1.807) is 0 Å². The molecule has 1 N–H and O–H groups in total. The fourth-order valence-corrected chi connectivity index (χ4v) is 3.19. The van der Waals surface area contributed by atoms with E-state index in [0.29, 0.717) is 0 Å². The highest BCUT2D eigenvalue weighted by Crippen LogP contribution is 2.34. The van der Waals surface area contributed by atoms with Gasteiger partial charge in [-0.1, -0.05) is 18.2 Å². The molecular weight excluding hydrogens is 362 g/mol. The van der Waals surface area contributed by atoms with Gasteiger partial charge < -0.3 is 5.11 Å². The fraction of sp³-hybridized carbons (Fsp3) is 0.143. The first-order chi connectivity index (χ1) is 11.1. The second-order valence-electron chi connectivity index (χ2n) is 4.64. The molecule has 2 atom stereocenters. The monoisotopic (exact) mass is 370 g/mol. The second kappa shape index (κ2) is 6.44. The molecule has 24 heavy (non-hydrogen) atoms. The van der Waals surface area contributed by atoms with Crippen molar-refractivity contribution in [3.63, 3.8) is 0 Å². The van der Waals surface area contributed by atoms with Gasteiger partial charge in [-0.2, -0.15) is 0 Å². The van der Waals surface area contributed by atoms with Crippen LogP contribution in [-0.2, 0) is 9.84 Å². The molecule has 10 heteroatoms. The molecular formula is C14H8F6O3S. The van der Waals surface area contributed by atoms with Crippen molar-refractivity contribution in [1.82, 2.24) is 0 Å².